The lowest BCUT2D eigenvalue weighted by molar-refractivity contribution is -0.147. The topological polar surface area (TPSA) is 113 Å². The lowest BCUT2D eigenvalue weighted by Crippen LogP contribution is -2.46. The van der Waals surface area contributed by atoms with Crippen molar-refractivity contribution in [3.63, 3.8) is 0 Å². The van der Waals surface area contributed by atoms with Crippen molar-refractivity contribution in [3.8, 4) is 0 Å². The van der Waals surface area contributed by atoms with Gasteiger partial charge in [-0.1, -0.05) is 0 Å². The second kappa shape index (κ2) is 3.71. The van der Waals surface area contributed by atoms with Crippen LogP contribution in [0, 0.1) is 0 Å². The number of amides is 2. The molecule has 0 saturated heterocycles. The number of urea groups is 1. The summed E-state index contributed by atoms with van der Waals surface area (Å²) in [5.41, 5.74) is 4.46. The fourth-order valence-electron chi connectivity index (χ4n) is 0.354. The van der Waals surface area contributed by atoms with Gasteiger partial charge in [-0.25, -0.2) is 14.0 Å². The molecule has 0 heterocycles. The summed E-state index contributed by atoms with van der Waals surface area (Å²) in [6, 6.07) is -1.19. The maximum atomic E-state index is 12.2. The summed E-state index contributed by atoms with van der Waals surface area (Å²) in [5.74, 6) is -1.87. The molecule has 7 heteroatoms. The lowest BCUT2D eigenvalue weighted by Gasteiger charge is -2.11. The Morgan fingerprint density at radius 3 is 2.27 bits per heavy atom. The summed E-state index contributed by atoms with van der Waals surface area (Å²) in [7, 11) is 0. The number of alkyl halides is 1. The number of carboxylic acids is 1. The van der Waals surface area contributed by atoms with Crippen LogP contribution in [0.3, 0.4) is 0 Å². The predicted molar refractivity (Wildman–Crippen MR) is 31.3 cm³/mol. The van der Waals surface area contributed by atoms with E-state index in [1.54, 1.807) is 0 Å². The number of aliphatic hydroxyl groups is 1. The fourth-order valence-corrected chi connectivity index (χ4v) is 0.354. The van der Waals surface area contributed by atoms with Crippen molar-refractivity contribution < 1.29 is 24.2 Å². The molecule has 6 nitrogen and oxygen atoms in total. The number of hydrogen-bond donors (Lipinski definition) is 4. The number of rotatable bonds is 3. The van der Waals surface area contributed by atoms with Crippen LogP contribution >= 0.6 is 0 Å². The van der Waals surface area contributed by atoms with Gasteiger partial charge in [-0.15, -0.1) is 0 Å². The molecule has 0 aliphatic carbocycles. The number of aliphatic hydroxyl groups excluding tert-OH is 1. The minimum atomic E-state index is -2.57. The molecule has 0 aliphatic rings. The molecule has 0 aromatic carbocycles. The molecule has 0 aromatic rings. The maximum absolute atomic E-state index is 12.2. The molecule has 64 valence electrons. The summed E-state index contributed by atoms with van der Waals surface area (Å²) in [6.07, 6.45) is -4.67. The highest BCUT2D eigenvalue weighted by Crippen LogP contribution is 1.95. The molecule has 0 aliphatic heterocycles. The van der Waals surface area contributed by atoms with Crippen LogP contribution in [-0.4, -0.2) is 34.6 Å². The Hall–Kier alpha value is -1.37. The average molecular weight is 166 g/mol. The molecule has 0 radical (unpaired) electrons. The first-order chi connectivity index (χ1) is 4.95. The number of nitrogens with two attached hydrogens (primary N) is 1. The van der Waals surface area contributed by atoms with Gasteiger partial charge in [0.15, 0.2) is 6.23 Å². The molecule has 0 rings (SSSR count). The molecule has 0 saturated carbocycles. The van der Waals surface area contributed by atoms with Gasteiger partial charge in [-0.05, 0) is 0 Å². The Labute approximate surface area is 60.8 Å². The van der Waals surface area contributed by atoms with Crippen LogP contribution in [-0.2, 0) is 4.79 Å². The lowest BCUT2D eigenvalue weighted by atomic mass is 10.3. The standard InChI is InChI=1S/C4H7FN2O4/c5-1(3(9)10)2(8)7-4(6)11/h1-2,8H,(H,9,10)(H3,6,7,11). The quantitative estimate of drug-likeness (QED) is 0.378. The van der Waals surface area contributed by atoms with Crippen molar-refractivity contribution >= 4 is 12.0 Å². The summed E-state index contributed by atoms with van der Waals surface area (Å²) >= 11 is 0. The van der Waals surface area contributed by atoms with E-state index in [-0.39, 0.29) is 0 Å². The monoisotopic (exact) mass is 166 g/mol. The van der Waals surface area contributed by atoms with Crippen LogP contribution in [0.15, 0.2) is 0 Å². The molecule has 11 heavy (non-hydrogen) atoms. The van der Waals surface area contributed by atoms with Gasteiger partial charge in [0, 0.05) is 0 Å². The van der Waals surface area contributed by atoms with Gasteiger partial charge in [-0.3, -0.25) is 0 Å². The first-order valence-electron chi connectivity index (χ1n) is 2.56. The maximum Gasteiger partial charge on any atom is 0.343 e. The van der Waals surface area contributed by atoms with Crippen LogP contribution in [0.25, 0.3) is 0 Å². The van der Waals surface area contributed by atoms with Gasteiger partial charge in [0.2, 0.25) is 6.17 Å². The normalized spacial score (nSPS) is 15.1. The molecule has 2 unspecified atom stereocenters. The third-order valence-electron chi connectivity index (χ3n) is 0.803. The van der Waals surface area contributed by atoms with Crippen LogP contribution < -0.4 is 11.1 Å². The summed E-state index contributed by atoms with van der Waals surface area (Å²) in [4.78, 5) is 19.7. The molecule has 2 atom stereocenters. The number of halogens is 1. The van der Waals surface area contributed by atoms with E-state index in [4.69, 9.17) is 10.2 Å². The Kier molecular flexibility index (Phi) is 3.25. The molecule has 0 spiro atoms. The van der Waals surface area contributed by atoms with E-state index < -0.39 is 24.4 Å². The van der Waals surface area contributed by atoms with Gasteiger partial charge in [0.25, 0.3) is 0 Å². The van der Waals surface area contributed by atoms with Crippen LogP contribution in [0.4, 0.5) is 9.18 Å². The first kappa shape index (κ1) is 9.63. The van der Waals surface area contributed by atoms with Crippen LogP contribution in [0.2, 0.25) is 0 Å². The second-order valence-electron chi connectivity index (χ2n) is 1.69. The Morgan fingerprint density at radius 2 is 2.00 bits per heavy atom. The molecular formula is C4H7FN2O4. The van der Waals surface area contributed by atoms with E-state index in [1.165, 1.54) is 5.32 Å². The van der Waals surface area contributed by atoms with E-state index in [1.807, 2.05) is 0 Å². The highest BCUT2D eigenvalue weighted by Gasteiger charge is 2.26. The molecular weight excluding hydrogens is 159 g/mol. The van der Waals surface area contributed by atoms with Crippen molar-refractivity contribution in [1.29, 1.82) is 0 Å². The SMILES string of the molecule is NC(=O)NC(O)C(F)C(=O)O. The third kappa shape index (κ3) is 3.36. The van der Waals surface area contributed by atoms with Crippen molar-refractivity contribution in [2.75, 3.05) is 0 Å². The van der Waals surface area contributed by atoms with Crippen molar-refractivity contribution in [1.82, 2.24) is 5.32 Å². The summed E-state index contributed by atoms with van der Waals surface area (Å²) in [5, 5.41) is 17.9. The van der Waals surface area contributed by atoms with E-state index in [2.05, 4.69) is 5.73 Å². The average Bonchev–Trinajstić information content (AvgIpc) is 1.84. The zero-order valence-corrected chi connectivity index (χ0v) is 5.32. The summed E-state index contributed by atoms with van der Waals surface area (Å²) < 4.78 is 12.2. The predicted octanol–water partition coefficient (Wildman–Crippen LogP) is -1.60. The Balaban J connectivity index is 3.92. The fraction of sp³-hybridized carbons (Fsp3) is 0.500. The van der Waals surface area contributed by atoms with Gasteiger partial charge in [-0.2, -0.15) is 0 Å². The van der Waals surface area contributed by atoms with E-state index >= 15 is 0 Å². The Morgan fingerprint density at radius 1 is 1.55 bits per heavy atom. The van der Waals surface area contributed by atoms with Crippen molar-refractivity contribution in [3.05, 3.63) is 0 Å². The third-order valence-corrected chi connectivity index (χ3v) is 0.803. The highest BCUT2D eigenvalue weighted by atomic mass is 19.1. The second-order valence-corrected chi connectivity index (χ2v) is 1.69. The number of carbonyl (C=O) groups is 2. The zero-order chi connectivity index (χ0) is 9.02. The number of aliphatic carboxylic acids is 1. The largest absolute Gasteiger partial charge is 0.479 e. The van der Waals surface area contributed by atoms with E-state index in [9.17, 15) is 14.0 Å². The highest BCUT2D eigenvalue weighted by molar-refractivity contribution is 5.76. The number of primary amides is 1. The smallest absolute Gasteiger partial charge is 0.343 e. The minimum absolute atomic E-state index is 1.19. The van der Waals surface area contributed by atoms with Crippen LogP contribution in [0.5, 0.6) is 0 Å². The number of nitrogens with one attached hydrogen (secondary N) is 1. The van der Waals surface area contributed by atoms with Crippen LogP contribution in [0.1, 0.15) is 0 Å². The molecule has 0 aromatic heterocycles. The summed E-state index contributed by atoms with van der Waals surface area (Å²) in [6.45, 7) is 0. The van der Waals surface area contributed by atoms with Crippen molar-refractivity contribution in [2.45, 2.75) is 12.4 Å². The van der Waals surface area contributed by atoms with Gasteiger partial charge in [0.1, 0.15) is 0 Å². The zero-order valence-electron chi connectivity index (χ0n) is 5.32. The van der Waals surface area contributed by atoms with Gasteiger partial charge >= 0.3 is 12.0 Å². The molecule has 5 N–H and O–H groups in total. The number of carboxylic acid groups (broad SMARTS) is 1. The first-order valence-corrected chi connectivity index (χ1v) is 2.56. The number of carbonyl (C=O) groups excluding carboxylic acids is 1. The molecule has 2 amide bonds. The van der Waals surface area contributed by atoms with E-state index in [0.29, 0.717) is 0 Å². The van der Waals surface area contributed by atoms with E-state index in [0.717, 1.165) is 0 Å². The van der Waals surface area contributed by atoms with Crippen molar-refractivity contribution in [2.24, 2.45) is 5.73 Å². The Bertz CT molecular complexity index is 173. The molecule has 0 fully saturated rings. The minimum Gasteiger partial charge on any atom is -0.479 e. The van der Waals surface area contributed by atoms with Gasteiger partial charge < -0.3 is 21.3 Å². The molecule has 0 bridgehead atoms. The van der Waals surface area contributed by atoms with Gasteiger partial charge in [0.05, 0.1) is 0 Å². The number of hydrogen-bond acceptors (Lipinski definition) is 3.